The quantitative estimate of drug-likeness (QED) is 0.790. The predicted molar refractivity (Wildman–Crippen MR) is 74.9 cm³/mol. The van der Waals surface area contributed by atoms with Crippen molar-refractivity contribution in [2.75, 3.05) is 13.1 Å². The fraction of sp³-hybridized carbons (Fsp3) is 0.308. The minimum Gasteiger partial charge on any atom is -0.459 e. The highest BCUT2D eigenvalue weighted by Crippen LogP contribution is 2.12. The highest BCUT2D eigenvalue weighted by Gasteiger charge is 2.10. The van der Waals surface area contributed by atoms with E-state index in [0.29, 0.717) is 18.0 Å². The molecule has 0 saturated carbocycles. The van der Waals surface area contributed by atoms with E-state index in [-0.39, 0.29) is 17.6 Å². The van der Waals surface area contributed by atoms with Crippen molar-refractivity contribution in [3.8, 4) is 0 Å². The van der Waals surface area contributed by atoms with Gasteiger partial charge in [0, 0.05) is 13.1 Å². The third-order valence-electron chi connectivity index (χ3n) is 2.52. The number of rotatable bonds is 6. The third-order valence-corrected chi connectivity index (χ3v) is 3.66. The number of nitrogens with one attached hydrogen (secondary N) is 2. The molecule has 0 atom stereocenters. The molecule has 0 aliphatic rings. The van der Waals surface area contributed by atoms with E-state index in [4.69, 9.17) is 4.42 Å². The zero-order chi connectivity index (χ0) is 14.4. The summed E-state index contributed by atoms with van der Waals surface area (Å²) in [5.74, 6) is -0.212. The smallest absolute Gasteiger partial charge is 0.287 e. The Labute approximate surface area is 120 Å². The molecule has 0 bridgehead atoms. The van der Waals surface area contributed by atoms with E-state index in [2.05, 4.69) is 15.6 Å². The molecule has 2 amide bonds. The summed E-state index contributed by atoms with van der Waals surface area (Å²) >= 11 is 1.38. The number of amides is 2. The van der Waals surface area contributed by atoms with Crippen LogP contribution in [0.4, 0.5) is 0 Å². The van der Waals surface area contributed by atoms with E-state index in [1.54, 1.807) is 18.3 Å². The molecule has 0 aliphatic heterocycles. The van der Waals surface area contributed by atoms with E-state index < -0.39 is 0 Å². The second kappa shape index (κ2) is 6.85. The lowest BCUT2D eigenvalue weighted by molar-refractivity contribution is 0.0911. The second-order valence-electron chi connectivity index (χ2n) is 3.96. The van der Waals surface area contributed by atoms with Crippen LogP contribution in [-0.2, 0) is 6.42 Å². The number of aryl methyl sites for hydroxylation is 1. The molecule has 0 spiro atoms. The van der Waals surface area contributed by atoms with Crippen LogP contribution in [0.1, 0.15) is 32.2 Å². The summed E-state index contributed by atoms with van der Waals surface area (Å²) in [6.45, 7) is 2.68. The first kappa shape index (κ1) is 14.3. The van der Waals surface area contributed by atoms with Gasteiger partial charge in [-0.1, -0.05) is 6.92 Å². The summed E-state index contributed by atoms with van der Waals surface area (Å²) in [7, 11) is 0. The van der Waals surface area contributed by atoms with Crippen LogP contribution in [0, 0.1) is 0 Å². The molecule has 2 heterocycles. The third kappa shape index (κ3) is 3.67. The van der Waals surface area contributed by atoms with Crippen LogP contribution in [-0.4, -0.2) is 29.9 Å². The van der Waals surface area contributed by atoms with Gasteiger partial charge in [-0.25, -0.2) is 4.98 Å². The SMILES string of the molecule is CCc1ncc(C(=O)NCCNC(=O)c2ccco2)s1. The lowest BCUT2D eigenvalue weighted by atomic mass is 10.4. The summed E-state index contributed by atoms with van der Waals surface area (Å²) in [5, 5.41) is 6.30. The predicted octanol–water partition coefficient (Wildman–Crippen LogP) is 1.46. The summed E-state index contributed by atoms with van der Waals surface area (Å²) in [4.78, 5) is 28.0. The van der Waals surface area contributed by atoms with Crippen LogP contribution in [0.2, 0.25) is 0 Å². The van der Waals surface area contributed by atoms with Gasteiger partial charge in [0.2, 0.25) is 0 Å². The molecule has 7 heteroatoms. The Morgan fingerprint density at radius 2 is 2.05 bits per heavy atom. The van der Waals surface area contributed by atoms with Gasteiger partial charge in [-0.2, -0.15) is 0 Å². The first-order chi connectivity index (χ1) is 9.70. The number of hydrogen-bond acceptors (Lipinski definition) is 5. The van der Waals surface area contributed by atoms with Crippen LogP contribution < -0.4 is 10.6 Å². The Balaban J connectivity index is 1.70. The van der Waals surface area contributed by atoms with Gasteiger partial charge in [-0.15, -0.1) is 11.3 Å². The Kier molecular flexibility index (Phi) is 4.89. The van der Waals surface area contributed by atoms with Gasteiger partial charge in [-0.3, -0.25) is 9.59 Å². The van der Waals surface area contributed by atoms with Gasteiger partial charge >= 0.3 is 0 Å². The molecule has 2 N–H and O–H groups in total. The summed E-state index contributed by atoms with van der Waals surface area (Å²) in [6.07, 6.45) is 3.82. The number of carbonyl (C=O) groups is 2. The number of hydrogen-bond donors (Lipinski definition) is 2. The summed E-state index contributed by atoms with van der Waals surface area (Å²) in [6, 6.07) is 3.23. The summed E-state index contributed by atoms with van der Waals surface area (Å²) in [5.41, 5.74) is 0. The van der Waals surface area contributed by atoms with Crippen LogP contribution in [0.5, 0.6) is 0 Å². The Morgan fingerprint density at radius 1 is 1.30 bits per heavy atom. The Hall–Kier alpha value is -2.15. The standard InChI is InChI=1S/C13H15N3O3S/c1-2-11-16-8-10(20-11)13(18)15-6-5-14-12(17)9-4-3-7-19-9/h3-4,7-8H,2,5-6H2,1H3,(H,14,17)(H,15,18). The molecule has 0 fully saturated rings. The molecule has 0 unspecified atom stereocenters. The number of nitrogens with zero attached hydrogens (tertiary/aromatic N) is 1. The van der Waals surface area contributed by atoms with Gasteiger partial charge in [0.1, 0.15) is 4.88 Å². The fourth-order valence-corrected chi connectivity index (χ4v) is 2.29. The Bertz CT molecular complexity index is 577. The van der Waals surface area contributed by atoms with Crippen molar-refractivity contribution in [1.29, 1.82) is 0 Å². The largest absolute Gasteiger partial charge is 0.459 e. The van der Waals surface area contributed by atoms with Crippen LogP contribution in [0.15, 0.2) is 29.0 Å². The Morgan fingerprint density at radius 3 is 2.65 bits per heavy atom. The van der Waals surface area contributed by atoms with Crippen molar-refractivity contribution in [2.45, 2.75) is 13.3 Å². The maximum absolute atomic E-state index is 11.8. The summed E-state index contributed by atoms with van der Waals surface area (Å²) < 4.78 is 4.95. The van der Waals surface area contributed by atoms with Crippen molar-refractivity contribution in [3.05, 3.63) is 40.2 Å². The van der Waals surface area contributed by atoms with Crippen molar-refractivity contribution >= 4 is 23.2 Å². The van der Waals surface area contributed by atoms with Crippen molar-refractivity contribution in [1.82, 2.24) is 15.6 Å². The van der Waals surface area contributed by atoms with Gasteiger partial charge in [0.15, 0.2) is 5.76 Å². The van der Waals surface area contributed by atoms with E-state index >= 15 is 0 Å². The second-order valence-corrected chi connectivity index (χ2v) is 5.08. The molecule has 20 heavy (non-hydrogen) atoms. The van der Waals surface area contributed by atoms with Crippen LogP contribution >= 0.6 is 11.3 Å². The minimum atomic E-state index is -0.296. The van der Waals surface area contributed by atoms with E-state index in [1.165, 1.54) is 17.6 Å². The topological polar surface area (TPSA) is 84.2 Å². The maximum atomic E-state index is 11.8. The number of carbonyl (C=O) groups excluding carboxylic acids is 2. The molecule has 2 aromatic heterocycles. The molecule has 0 aliphatic carbocycles. The molecule has 6 nitrogen and oxygen atoms in total. The number of thiazole rings is 1. The van der Waals surface area contributed by atoms with Crippen molar-refractivity contribution < 1.29 is 14.0 Å². The molecular formula is C13H15N3O3S. The van der Waals surface area contributed by atoms with E-state index in [0.717, 1.165) is 11.4 Å². The average molecular weight is 293 g/mol. The number of furan rings is 1. The highest BCUT2D eigenvalue weighted by molar-refractivity contribution is 7.13. The molecule has 2 aromatic rings. The zero-order valence-corrected chi connectivity index (χ0v) is 11.8. The van der Waals surface area contributed by atoms with Gasteiger partial charge in [-0.05, 0) is 18.6 Å². The van der Waals surface area contributed by atoms with Crippen LogP contribution in [0.3, 0.4) is 0 Å². The van der Waals surface area contributed by atoms with E-state index in [1.807, 2.05) is 6.92 Å². The molecule has 0 aromatic carbocycles. The monoisotopic (exact) mass is 293 g/mol. The molecule has 106 valence electrons. The highest BCUT2D eigenvalue weighted by atomic mass is 32.1. The molecule has 0 saturated heterocycles. The molecule has 2 rings (SSSR count). The average Bonchev–Trinajstić information content (AvgIpc) is 3.13. The van der Waals surface area contributed by atoms with Crippen molar-refractivity contribution in [2.24, 2.45) is 0 Å². The molecular weight excluding hydrogens is 278 g/mol. The first-order valence-electron chi connectivity index (χ1n) is 6.25. The van der Waals surface area contributed by atoms with Gasteiger partial charge < -0.3 is 15.1 Å². The molecule has 0 radical (unpaired) electrons. The van der Waals surface area contributed by atoms with Gasteiger partial charge in [0.25, 0.3) is 11.8 Å². The van der Waals surface area contributed by atoms with E-state index in [9.17, 15) is 9.59 Å². The van der Waals surface area contributed by atoms with Gasteiger partial charge in [0.05, 0.1) is 17.5 Å². The minimum absolute atomic E-state index is 0.172. The lowest BCUT2D eigenvalue weighted by Crippen LogP contribution is -2.34. The van der Waals surface area contributed by atoms with Crippen molar-refractivity contribution in [3.63, 3.8) is 0 Å². The fourth-order valence-electron chi connectivity index (χ4n) is 1.51. The van der Waals surface area contributed by atoms with Crippen LogP contribution in [0.25, 0.3) is 0 Å². The normalized spacial score (nSPS) is 10.2. The zero-order valence-electron chi connectivity index (χ0n) is 11.0. The maximum Gasteiger partial charge on any atom is 0.287 e. The first-order valence-corrected chi connectivity index (χ1v) is 7.07. The number of aromatic nitrogens is 1. The lowest BCUT2D eigenvalue weighted by Gasteiger charge is -2.04.